The molecule has 3 rings (SSSR count). The first-order valence-corrected chi connectivity index (χ1v) is 7.60. The fourth-order valence-electron chi connectivity index (χ4n) is 2.27. The Morgan fingerprint density at radius 2 is 2.00 bits per heavy atom. The number of ether oxygens (including phenoxy) is 1. The third-order valence-corrected chi connectivity index (χ3v) is 4.10. The molecule has 1 N–H and O–H groups in total. The summed E-state index contributed by atoms with van der Waals surface area (Å²) in [6, 6.07) is 10.1. The minimum atomic E-state index is -0.720. The Kier molecular flexibility index (Phi) is 3.68. The first-order valence-electron chi connectivity index (χ1n) is 6.72. The van der Waals surface area contributed by atoms with Gasteiger partial charge >= 0.3 is 5.91 Å². The van der Waals surface area contributed by atoms with E-state index < -0.39 is 17.6 Å². The van der Waals surface area contributed by atoms with Gasteiger partial charge in [0, 0.05) is 10.9 Å². The van der Waals surface area contributed by atoms with Crippen molar-refractivity contribution in [1.82, 2.24) is 0 Å². The maximum Gasteiger partial charge on any atom is 0.301 e. The number of amides is 2. The molecule has 0 aliphatic carbocycles. The minimum absolute atomic E-state index is 0.0433. The van der Waals surface area contributed by atoms with Crippen LogP contribution in [0.4, 0.5) is 5.69 Å². The van der Waals surface area contributed by atoms with Crippen molar-refractivity contribution < 1.29 is 19.4 Å². The van der Waals surface area contributed by atoms with Crippen molar-refractivity contribution in [3.8, 4) is 5.75 Å². The van der Waals surface area contributed by atoms with Crippen molar-refractivity contribution >= 4 is 34.4 Å². The van der Waals surface area contributed by atoms with Gasteiger partial charge in [-0.05, 0) is 30.5 Å². The van der Waals surface area contributed by atoms with E-state index in [1.54, 1.807) is 41.8 Å². The number of anilines is 1. The number of thiophene rings is 1. The molecular weight excluding hydrogens is 302 g/mol. The first kappa shape index (κ1) is 14.3. The lowest BCUT2D eigenvalue weighted by Crippen LogP contribution is -2.31. The Balaban J connectivity index is 1.99. The zero-order valence-corrected chi connectivity index (χ0v) is 12.6. The van der Waals surface area contributed by atoms with Crippen molar-refractivity contribution in [2.45, 2.75) is 6.92 Å². The highest BCUT2D eigenvalue weighted by Crippen LogP contribution is 2.34. The van der Waals surface area contributed by atoms with E-state index in [0.717, 1.165) is 4.90 Å². The summed E-state index contributed by atoms with van der Waals surface area (Å²) in [4.78, 5) is 26.3. The molecule has 0 unspecified atom stereocenters. The molecule has 1 aliphatic rings. The number of carbonyl (C=O) groups excluding carboxylic acids is 2. The summed E-state index contributed by atoms with van der Waals surface area (Å²) in [5, 5.41) is 11.8. The van der Waals surface area contributed by atoms with Crippen molar-refractivity contribution in [3.05, 3.63) is 52.4 Å². The monoisotopic (exact) mass is 315 g/mol. The SMILES string of the molecule is CCOc1cccc(N2C(=O)C(O)=C(c3cccs3)C2=O)c1. The average molecular weight is 315 g/mol. The van der Waals surface area contributed by atoms with Gasteiger partial charge < -0.3 is 9.84 Å². The van der Waals surface area contributed by atoms with Crippen LogP contribution < -0.4 is 9.64 Å². The smallest absolute Gasteiger partial charge is 0.301 e. The van der Waals surface area contributed by atoms with Gasteiger partial charge in [0.2, 0.25) is 0 Å². The number of nitrogens with zero attached hydrogens (tertiary/aromatic N) is 1. The Hall–Kier alpha value is -2.60. The maximum absolute atomic E-state index is 12.5. The molecule has 1 aromatic heterocycles. The van der Waals surface area contributed by atoms with Crippen molar-refractivity contribution in [2.75, 3.05) is 11.5 Å². The number of hydrogen-bond donors (Lipinski definition) is 1. The van der Waals surface area contributed by atoms with Crippen LogP contribution in [0, 0.1) is 0 Å². The van der Waals surface area contributed by atoms with Crippen LogP contribution in [0.15, 0.2) is 47.5 Å². The molecule has 0 bridgehead atoms. The van der Waals surface area contributed by atoms with Crippen LogP contribution in [-0.4, -0.2) is 23.5 Å². The Morgan fingerprint density at radius 1 is 1.18 bits per heavy atom. The number of hydrogen-bond acceptors (Lipinski definition) is 5. The Morgan fingerprint density at radius 3 is 2.68 bits per heavy atom. The largest absolute Gasteiger partial charge is 0.502 e. The number of carbonyl (C=O) groups is 2. The van der Waals surface area contributed by atoms with Gasteiger partial charge in [-0.25, -0.2) is 4.90 Å². The van der Waals surface area contributed by atoms with Gasteiger partial charge in [0.1, 0.15) is 11.3 Å². The van der Waals surface area contributed by atoms with Crippen LogP contribution in [0.25, 0.3) is 5.57 Å². The average Bonchev–Trinajstić information content (AvgIpc) is 3.08. The lowest BCUT2D eigenvalue weighted by atomic mass is 10.2. The topological polar surface area (TPSA) is 66.8 Å². The molecule has 2 aromatic rings. The van der Waals surface area contributed by atoms with Gasteiger partial charge in [0.05, 0.1) is 12.3 Å². The third kappa shape index (κ3) is 2.27. The van der Waals surface area contributed by atoms with Crippen molar-refractivity contribution in [1.29, 1.82) is 0 Å². The van der Waals surface area contributed by atoms with E-state index in [0.29, 0.717) is 22.9 Å². The molecule has 1 aromatic carbocycles. The van der Waals surface area contributed by atoms with E-state index in [1.807, 2.05) is 6.92 Å². The van der Waals surface area contributed by atoms with Gasteiger partial charge in [-0.3, -0.25) is 9.59 Å². The van der Waals surface area contributed by atoms with Crippen LogP contribution in [0.2, 0.25) is 0 Å². The number of aliphatic hydroxyl groups excluding tert-OH is 1. The third-order valence-electron chi connectivity index (χ3n) is 3.21. The molecular formula is C16H13NO4S. The first-order chi connectivity index (χ1) is 10.6. The second-order valence-corrected chi connectivity index (χ2v) is 5.52. The summed E-state index contributed by atoms with van der Waals surface area (Å²) in [7, 11) is 0. The summed E-state index contributed by atoms with van der Waals surface area (Å²) in [6.07, 6.45) is 0. The second kappa shape index (κ2) is 5.65. The van der Waals surface area contributed by atoms with Crippen LogP contribution in [0.3, 0.4) is 0 Å². The Bertz CT molecular complexity index is 764. The van der Waals surface area contributed by atoms with E-state index in [2.05, 4.69) is 0 Å². The molecule has 0 spiro atoms. The number of aliphatic hydroxyl groups is 1. The van der Waals surface area contributed by atoms with Crippen LogP contribution in [-0.2, 0) is 9.59 Å². The molecule has 0 saturated heterocycles. The molecule has 0 radical (unpaired) electrons. The van der Waals surface area contributed by atoms with Gasteiger partial charge in [-0.1, -0.05) is 12.1 Å². The number of benzene rings is 1. The standard InChI is InChI=1S/C16H13NO4S/c1-2-21-11-6-3-5-10(9-11)17-15(19)13(14(18)16(17)20)12-7-4-8-22-12/h3-9,18H,2H2,1H3. The fourth-order valence-corrected chi connectivity index (χ4v) is 3.04. The number of imide groups is 1. The van der Waals surface area contributed by atoms with E-state index in [-0.39, 0.29) is 5.57 Å². The molecule has 0 saturated carbocycles. The van der Waals surface area contributed by atoms with Crippen LogP contribution in [0.5, 0.6) is 5.75 Å². The predicted molar refractivity (Wildman–Crippen MR) is 84.0 cm³/mol. The molecule has 0 fully saturated rings. The highest BCUT2D eigenvalue weighted by molar-refractivity contribution is 7.11. The Labute approximate surface area is 131 Å². The van der Waals surface area contributed by atoms with E-state index >= 15 is 0 Å². The molecule has 2 amide bonds. The minimum Gasteiger partial charge on any atom is -0.502 e. The summed E-state index contributed by atoms with van der Waals surface area (Å²) >= 11 is 1.30. The highest BCUT2D eigenvalue weighted by atomic mass is 32.1. The summed E-state index contributed by atoms with van der Waals surface area (Å²) in [6.45, 7) is 2.33. The van der Waals surface area contributed by atoms with Gasteiger partial charge in [0.15, 0.2) is 5.76 Å². The van der Waals surface area contributed by atoms with Gasteiger partial charge in [-0.2, -0.15) is 0 Å². The molecule has 5 nitrogen and oxygen atoms in total. The van der Waals surface area contributed by atoms with E-state index in [1.165, 1.54) is 11.3 Å². The van der Waals surface area contributed by atoms with Gasteiger partial charge in [0.25, 0.3) is 5.91 Å². The van der Waals surface area contributed by atoms with Crippen LogP contribution >= 0.6 is 11.3 Å². The van der Waals surface area contributed by atoms with Crippen LogP contribution in [0.1, 0.15) is 11.8 Å². The van der Waals surface area contributed by atoms with Gasteiger partial charge in [-0.15, -0.1) is 11.3 Å². The zero-order chi connectivity index (χ0) is 15.7. The predicted octanol–water partition coefficient (Wildman–Crippen LogP) is 2.99. The summed E-state index contributed by atoms with van der Waals surface area (Å²) in [5.41, 5.74) is 0.417. The quantitative estimate of drug-likeness (QED) is 0.881. The van der Waals surface area contributed by atoms with Crippen molar-refractivity contribution in [3.63, 3.8) is 0 Å². The van der Waals surface area contributed by atoms with E-state index in [9.17, 15) is 14.7 Å². The maximum atomic E-state index is 12.5. The molecule has 22 heavy (non-hydrogen) atoms. The lowest BCUT2D eigenvalue weighted by molar-refractivity contribution is -0.121. The van der Waals surface area contributed by atoms with Crippen molar-refractivity contribution in [2.24, 2.45) is 0 Å². The molecule has 112 valence electrons. The fraction of sp³-hybridized carbons (Fsp3) is 0.125. The zero-order valence-electron chi connectivity index (χ0n) is 11.8. The highest BCUT2D eigenvalue weighted by Gasteiger charge is 2.40. The normalized spacial score (nSPS) is 14.9. The molecule has 2 heterocycles. The molecule has 1 aliphatic heterocycles. The number of rotatable bonds is 4. The second-order valence-electron chi connectivity index (χ2n) is 4.58. The molecule has 0 atom stereocenters. The molecule has 6 heteroatoms. The summed E-state index contributed by atoms with van der Waals surface area (Å²) in [5.74, 6) is -1.21. The van der Waals surface area contributed by atoms with E-state index in [4.69, 9.17) is 4.74 Å². The summed E-state index contributed by atoms with van der Waals surface area (Å²) < 4.78 is 5.38. The lowest BCUT2D eigenvalue weighted by Gasteiger charge is -2.15.